The molecular formula is C79H136O17P2. The largest absolute Gasteiger partial charge is 0.472 e. The lowest BCUT2D eigenvalue weighted by molar-refractivity contribution is -0.161. The summed E-state index contributed by atoms with van der Waals surface area (Å²) in [5.74, 6) is -2.22. The molecule has 19 heteroatoms. The normalized spacial score (nSPS) is 14.6. The third-order valence-corrected chi connectivity index (χ3v) is 17.6. The topological polar surface area (TPSA) is 237 Å². The van der Waals surface area contributed by atoms with E-state index in [9.17, 15) is 43.2 Å². The van der Waals surface area contributed by atoms with Crippen molar-refractivity contribution in [2.75, 3.05) is 39.6 Å². The fourth-order valence-corrected chi connectivity index (χ4v) is 11.5. The lowest BCUT2D eigenvalue weighted by atomic mass is 10.1. The SMILES string of the molecule is CC/C=C\C/C=C\C/C=C\C/C=C\CCCCCCC(=O)OCC(COP(=O)(O)OCC(O)COP(=O)(O)OCC(COC(=O)CCCCCCCCC/C=C\C/C=C\C/C=C\CC)OC(=O)CCCCCCC/C=C\CCCCCC)OC(=O)CCCCCCC/C=C\CCCC. The summed E-state index contributed by atoms with van der Waals surface area (Å²) in [6.45, 7) is 4.55. The molecule has 0 heterocycles. The van der Waals surface area contributed by atoms with Gasteiger partial charge in [0.25, 0.3) is 0 Å². The lowest BCUT2D eigenvalue weighted by Crippen LogP contribution is -2.30. The number of hydrogen-bond donors (Lipinski definition) is 3. The highest BCUT2D eigenvalue weighted by Crippen LogP contribution is 2.45. The Kier molecular flexibility index (Phi) is 68.0. The van der Waals surface area contributed by atoms with Crippen LogP contribution in [0, 0.1) is 0 Å². The van der Waals surface area contributed by atoms with Crippen LogP contribution in [0.25, 0.3) is 0 Å². The Hall–Kier alpha value is -4.28. The van der Waals surface area contributed by atoms with Crippen LogP contribution in [0.5, 0.6) is 0 Å². The van der Waals surface area contributed by atoms with Gasteiger partial charge in [0, 0.05) is 25.7 Å². The molecule has 0 aliphatic carbocycles. The molecule has 5 unspecified atom stereocenters. The summed E-state index contributed by atoms with van der Waals surface area (Å²) in [5.41, 5.74) is 0. The molecule has 0 spiro atoms. The highest BCUT2D eigenvalue weighted by molar-refractivity contribution is 7.47. The molecule has 0 fully saturated rings. The number of ether oxygens (including phenoxy) is 4. The highest BCUT2D eigenvalue weighted by Gasteiger charge is 2.30. The molecule has 0 bridgehead atoms. The third kappa shape index (κ3) is 70.2. The highest BCUT2D eigenvalue weighted by atomic mass is 31.2. The molecule has 3 N–H and O–H groups in total. The number of phosphoric ester groups is 2. The van der Waals surface area contributed by atoms with Gasteiger partial charge in [0.2, 0.25) is 0 Å². The Labute approximate surface area is 594 Å². The number of carbonyl (C=O) groups excluding carboxylic acids is 4. The summed E-state index contributed by atoms with van der Waals surface area (Å²) >= 11 is 0. The van der Waals surface area contributed by atoms with Gasteiger partial charge in [-0.15, -0.1) is 0 Å². The number of unbranched alkanes of at least 4 members (excludes halogenated alkanes) is 27. The maximum Gasteiger partial charge on any atom is 0.472 e. The molecule has 98 heavy (non-hydrogen) atoms. The van der Waals surface area contributed by atoms with E-state index in [-0.39, 0.29) is 25.7 Å². The van der Waals surface area contributed by atoms with Crippen LogP contribution in [0.15, 0.2) is 109 Å². The van der Waals surface area contributed by atoms with Gasteiger partial charge in [-0.1, -0.05) is 253 Å². The van der Waals surface area contributed by atoms with Gasteiger partial charge in [-0.25, -0.2) is 9.13 Å². The standard InChI is InChI=1S/C79H136O17P2/c1-5-9-13-17-21-25-29-32-34-36-38-41-44-47-51-55-59-63-76(81)89-69-74(95-78(83)65-61-57-53-49-43-28-24-20-16-12-8-4)71-93-97(85,86)91-67-73(80)68-92-98(87,88)94-72-75(96-79(84)66-62-58-54-50-46-40-31-27-23-19-15-11-7-3)70-90-77(82)64-60-56-52-48-45-42-39-37-35-33-30-26-22-18-14-10-6-2/h9-10,13-14,20-22,24-27,31-35,38,41,73-75,80H,5-8,11-12,15-19,23,28-30,36-37,39-40,42-72H2,1-4H3,(H,85,86)(H,87,88)/b13-9-,14-10-,24-20-,25-21-,26-22-,31-27-,34-32-,35-33-,41-38-. The number of rotatable bonds is 71. The van der Waals surface area contributed by atoms with Crippen LogP contribution in [0.1, 0.15) is 310 Å². The molecule has 5 atom stereocenters. The molecule has 0 amide bonds. The van der Waals surface area contributed by atoms with Gasteiger partial charge in [0.1, 0.15) is 19.3 Å². The third-order valence-electron chi connectivity index (χ3n) is 15.7. The van der Waals surface area contributed by atoms with E-state index in [4.69, 9.17) is 37.0 Å². The van der Waals surface area contributed by atoms with Gasteiger partial charge in [-0.05, 0) is 141 Å². The zero-order valence-corrected chi connectivity index (χ0v) is 63.2. The zero-order chi connectivity index (χ0) is 71.8. The number of allylic oxidation sites excluding steroid dienone is 18. The summed E-state index contributed by atoms with van der Waals surface area (Å²) in [7, 11) is -9.96. The molecule has 0 radical (unpaired) electrons. The Balaban J connectivity index is 5.33. The molecule has 0 aromatic carbocycles. The molecule has 0 saturated heterocycles. The maximum absolute atomic E-state index is 13.1. The summed E-state index contributed by atoms with van der Waals surface area (Å²) in [4.78, 5) is 72.8. The van der Waals surface area contributed by atoms with Gasteiger partial charge < -0.3 is 33.8 Å². The average Bonchev–Trinajstić information content (AvgIpc) is 0.985. The van der Waals surface area contributed by atoms with Crippen LogP contribution in [-0.2, 0) is 65.4 Å². The first-order chi connectivity index (χ1) is 47.7. The summed E-state index contributed by atoms with van der Waals surface area (Å²) < 4.78 is 68.4. The van der Waals surface area contributed by atoms with Gasteiger partial charge in [0.05, 0.1) is 26.4 Å². The number of aliphatic hydroxyl groups excluding tert-OH is 1. The Morgan fingerprint density at radius 3 is 0.857 bits per heavy atom. The monoisotopic (exact) mass is 1420 g/mol. The van der Waals surface area contributed by atoms with E-state index in [0.29, 0.717) is 25.7 Å². The zero-order valence-electron chi connectivity index (χ0n) is 61.4. The fraction of sp³-hybridized carbons (Fsp3) is 0.722. The molecule has 0 saturated carbocycles. The molecule has 0 aliphatic heterocycles. The van der Waals surface area contributed by atoms with Gasteiger partial charge in [-0.2, -0.15) is 0 Å². The second kappa shape index (κ2) is 71.1. The van der Waals surface area contributed by atoms with Crippen LogP contribution in [0.3, 0.4) is 0 Å². The van der Waals surface area contributed by atoms with E-state index in [0.717, 1.165) is 193 Å². The van der Waals surface area contributed by atoms with E-state index in [1.54, 1.807) is 0 Å². The van der Waals surface area contributed by atoms with E-state index in [2.05, 4.69) is 137 Å². The minimum Gasteiger partial charge on any atom is -0.462 e. The van der Waals surface area contributed by atoms with Crippen molar-refractivity contribution in [3.63, 3.8) is 0 Å². The van der Waals surface area contributed by atoms with E-state index >= 15 is 0 Å². The number of aliphatic hydroxyl groups is 1. The molecular weight excluding hydrogens is 1280 g/mol. The van der Waals surface area contributed by atoms with Crippen molar-refractivity contribution >= 4 is 39.5 Å². The fourth-order valence-electron chi connectivity index (χ4n) is 9.91. The first-order valence-electron chi connectivity index (χ1n) is 38.1. The second-order valence-corrected chi connectivity index (χ2v) is 28.1. The van der Waals surface area contributed by atoms with Crippen molar-refractivity contribution in [3.05, 3.63) is 109 Å². The van der Waals surface area contributed by atoms with Crippen molar-refractivity contribution < 1.29 is 80.2 Å². The second-order valence-electron chi connectivity index (χ2n) is 25.2. The summed E-state index contributed by atoms with van der Waals surface area (Å²) in [6.07, 6.45) is 75.1. The average molecular weight is 1420 g/mol. The lowest BCUT2D eigenvalue weighted by Gasteiger charge is -2.21. The van der Waals surface area contributed by atoms with E-state index in [1.807, 2.05) is 0 Å². The number of carbonyl (C=O) groups is 4. The summed E-state index contributed by atoms with van der Waals surface area (Å²) in [5, 5.41) is 10.6. The molecule has 564 valence electrons. The molecule has 0 aromatic rings. The van der Waals surface area contributed by atoms with Gasteiger partial charge in [-0.3, -0.25) is 37.3 Å². The Morgan fingerprint density at radius 2 is 0.541 bits per heavy atom. The molecule has 0 aromatic heterocycles. The summed E-state index contributed by atoms with van der Waals surface area (Å²) in [6, 6.07) is 0. The molecule has 0 aliphatic rings. The van der Waals surface area contributed by atoms with Crippen LogP contribution in [0.2, 0.25) is 0 Å². The van der Waals surface area contributed by atoms with Crippen molar-refractivity contribution in [3.8, 4) is 0 Å². The van der Waals surface area contributed by atoms with Crippen molar-refractivity contribution in [1.82, 2.24) is 0 Å². The number of phosphoric acid groups is 2. The van der Waals surface area contributed by atoms with Gasteiger partial charge >= 0.3 is 39.5 Å². The van der Waals surface area contributed by atoms with Crippen molar-refractivity contribution in [2.24, 2.45) is 0 Å². The molecule has 0 rings (SSSR count). The predicted molar refractivity (Wildman–Crippen MR) is 399 cm³/mol. The number of esters is 4. The minimum absolute atomic E-state index is 0.0777. The van der Waals surface area contributed by atoms with E-state index in [1.165, 1.54) is 38.5 Å². The van der Waals surface area contributed by atoms with Crippen LogP contribution < -0.4 is 0 Å². The van der Waals surface area contributed by atoms with Crippen molar-refractivity contribution in [1.29, 1.82) is 0 Å². The number of hydrogen-bond acceptors (Lipinski definition) is 15. The first kappa shape index (κ1) is 93.7. The van der Waals surface area contributed by atoms with Gasteiger partial charge in [0.15, 0.2) is 12.2 Å². The van der Waals surface area contributed by atoms with Crippen LogP contribution >= 0.6 is 15.6 Å². The minimum atomic E-state index is -4.98. The maximum atomic E-state index is 13.1. The Morgan fingerprint density at radius 1 is 0.296 bits per heavy atom. The quantitative estimate of drug-likeness (QED) is 0.0169. The van der Waals surface area contributed by atoms with E-state index < -0.39 is 97.5 Å². The molecule has 17 nitrogen and oxygen atoms in total. The van der Waals surface area contributed by atoms with Crippen LogP contribution in [-0.4, -0.2) is 96.7 Å². The van der Waals surface area contributed by atoms with Crippen molar-refractivity contribution in [2.45, 2.75) is 329 Å². The predicted octanol–water partition coefficient (Wildman–Crippen LogP) is 21.8. The smallest absolute Gasteiger partial charge is 0.462 e. The Bertz CT molecular complexity index is 2290. The van der Waals surface area contributed by atoms with Crippen LogP contribution in [0.4, 0.5) is 0 Å². The first-order valence-corrected chi connectivity index (χ1v) is 41.1.